The van der Waals surface area contributed by atoms with Crippen LogP contribution < -0.4 is 0 Å². The fourth-order valence-electron chi connectivity index (χ4n) is 16.0. The fraction of sp³-hybridized carbons (Fsp3) is 0.906. The zero-order valence-corrected chi connectivity index (χ0v) is 44.6. The van der Waals surface area contributed by atoms with Crippen LogP contribution in [-0.2, 0) is 52.3 Å². The van der Waals surface area contributed by atoms with Gasteiger partial charge in [-0.2, -0.15) is 0 Å². The first-order valence-electron chi connectivity index (χ1n) is 27.2. The zero-order valence-electron chi connectivity index (χ0n) is 44.6. The van der Waals surface area contributed by atoms with Crippen molar-refractivity contribution in [1.29, 1.82) is 0 Å². The fourth-order valence-corrected chi connectivity index (χ4v) is 16.0. The van der Waals surface area contributed by atoms with Crippen molar-refractivity contribution in [3.05, 3.63) is 11.6 Å². The molecule has 77 heavy (non-hydrogen) atoms. The Balaban J connectivity index is 0.974. The van der Waals surface area contributed by atoms with Crippen LogP contribution in [0, 0.1) is 50.2 Å². The molecule has 24 heteroatoms. The van der Waals surface area contributed by atoms with E-state index in [9.17, 15) is 76.0 Å². The second-order valence-corrected chi connectivity index (χ2v) is 25.6. The topological polar surface area (TPSA) is 388 Å². The van der Waals surface area contributed by atoms with E-state index >= 15 is 4.79 Å². The third-order valence-corrected chi connectivity index (χ3v) is 20.9. The van der Waals surface area contributed by atoms with E-state index in [4.69, 9.17) is 37.9 Å². The number of carbonyl (C=O) groups is 3. The van der Waals surface area contributed by atoms with E-state index in [2.05, 4.69) is 33.8 Å². The molecule has 0 aromatic carbocycles. The summed E-state index contributed by atoms with van der Waals surface area (Å²) in [5.74, 6) is -3.81. The van der Waals surface area contributed by atoms with Gasteiger partial charge in [0.05, 0.1) is 31.3 Å². The van der Waals surface area contributed by atoms with Gasteiger partial charge in [0, 0.05) is 6.42 Å². The Morgan fingerprint density at radius 3 is 1.87 bits per heavy atom. The molecule has 4 saturated carbocycles. The van der Waals surface area contributed by atoms with E-state index in [1.165, 1.54) is 13.8 Å². The van der Waals surface area contributed by atoms with E-state index < -0.39 is 199 Å². The number of aliphatic hydroxyl groups is 12. The molecule has 5 aliphatic carbocycles. The minimum atomic E-state index is -1.93. The van der Waals surface area contributed by atoms with Crippen molar-refractivity contribution in [1.82, 2.24) is 0 Å². The smallest absolute Gasteiger partial charge is 0.315 e. The first-order chi connectivity index (χ1) is 36.0. The number of esters is 1. The minimum Gasteiger partial charge on any atom is -0.481 e. The van der Waals surface area contributed by atoms with Gasteiger partial charge >= 0.3 is 11.9 Å². The molecule has 0 radical (unpaired) electrons. The number of carbonyl (C=O) groups excluding carboxylic acids is 2. The molecule has 0 unspecified atom stereocenters. The summed E-state index contributed by atoms with van der Waals surface area (Å²) in [6, 6.07) is 0. The number of hydrogen-bond donors (Lipinski definition) is 13. The van der Waals surface area contributed by atoms with Gasteiger partial charge in [0.15, 0.2) is 30.8 Å². The molecule has 438 valence electrons. The number of fused-ring (bicyclic) bond motifs is 7. The SMILES string of the molecule is C[C@@H]1O[C@@H](O[C@H]2[C@H](OC(=O)[C@]34CCC(C)(C)C[C@H]3C3=CC[C@@H]5[C@@]6(C)CC(=O)[C@H](O[C@@H]7O[C@H](CO)[C@@H](O)[C@H](O)[C@H]7O)[C@@](C)(C(=O)O)[C@@H]6CC[C@@]5(C)[C@]3(C)CC4)O[C@H](CO)[C@@H](O)[C@@H]2O)[C@H](O)[C@H](O)[C@H]1O[C@@H]1OC[C@@H](O)[C@H](O)[C@H]1O. The zero-order chi connectivity index (χ0) is 56.4. The lowest BCUT2D eigenvalue weighted by atomic mass is 9.33. The largest absolute Gasteiger partial charge is 0.481 e. The van der Waals surface area contributed by atoms with Gasteiger partial charge in [-0.15, -0.1) is 0 Å². The Kier molecular flexibility index (Phi) is 16.2. The third-order valence-electron chi connectivity index (χ3n) is 20.9. The lowest BCUT2D eigenvalue weighted by molar-refractivity contribution is -0.375. The maximum absolute atomic E-state index is 15.4. The second-order valence-electron chi connectivity index (χ2n) is 25.6. The lowest BCUT2D eigenvalue weighted by Crippen LogP contribution is -2.69. The van der Waals surface area contributed by atoms with Gasteiger partial charge < -0.3 is 104 Å². The van der Waals surface area contributed by atoms with Gasteiger partial charge in [-0.1, -0.05) is 46.3 Å². The van der Waals surface area contributed by atoms with Crippen LogP contribution in [0.25, 0.3) is 0 Å². The van der Waals surface area contributed by atoms with Crippen LogP contribution in [0.15, 0.2) is 11.6 Å². The molecule has 4 aliphatic heterocycles. The predicted octanol–water partition coefficient (Wildman–Crippen LogP) is -2.12. The molecule has 0 amide bonds. The molecular weight excluding hydrogens is 1020 g/mol. The summed E-state index contributed by atoms with van der Waals surface area (Å²) in [5.41, 5.74) is -4.29. The van der Waals surface area contributed by atoms with Crippen LogP contribution in [0.3, 0.4) is 0 Å². The summed E-state index contributed by atoms with van der Waals surface area (Å²) >= 11 is 0. The molecule has 9 rings (SSSR count). The molecule has 8 fully saturated rings. The Bertz CT molecular complexity index is 2230. The number of allylic oxidation sites excluding steroid dienone is 2. The first kappa shape index (κ1) is 59.2. The van der Waals surface area contributed by atoms with Gasteiger partial charge in [-0.05, 0) is 105 Å². The summed E-state index contributed by atoms with van der Waals surface area (Å²) in [6.45, 7) is 11.6. The first-order valence-corrected chi connectivity index (χ1v) is 27.2. The summed E-state index contributed by atoms with van der Waals surface area (Å²) in [4.78, 5) is 43.7. The van der Waals surface area contributed by atoms with Crippen LogP contribution >= 0.6 is 0 Å². The maximum atomic E-state index is 15.4. The minimum absolute atomic E-state index is 0.0830. The second kappa shape index (κ2) is 21.1. The van der Waals surface area contributed by atoms with Gasteiger partial charge in [0.2, 0.25) is 6.29 Å². The number of carboxylic acid groups (broad SMARTS) is 1. The third kappa shape index (κ3) is 9.37. The number of rotatable bonds is 11. The predicted molar refractivity (Wildman–Crippen MR) is 258 cm³/mol. The van der Waals surface area contributed by atoms with Gasteiger partial charge in [-0.3, -0.25) is 14.4 Å². The summed E-state index contributed by atoms with van der Waals surface area (Å²) in [6.07, 6.45) is -27.3. The summed E-state index contributed by atoms with van der Waals surface area (Å²) in [5, 5.41) is 139. The molecule has 9 aliphatic rings. The number of ether oxygens (including phenoxy) is 8. The molecule has 28 atom stereocenters. The van der Waals surface area contributed by atoms with Crippen LogP contribution in [-0.4, -0.2) is 227 Å². The van der Waals surface area contributed by atoms with Crippen molar-refractivity contribution >= 4 is 17.7 Å². The van der Waals surface area contributed by atoms with E-state index in [1.54, 1.807) is 0 Å². The standard InChI is InChI=1S/C53H82O24/c1-21-39(74-42-36(64)30(58)25(57)20-70-42)35(63)38(66)43(71-21)75-40-34(62)32(60)27(19-55)73-45(40)77-47(69)53-14-12-48(2,3)16-23(53)22-8-9-28-49(4)17-24(56)41(76-44-37(65)33(61)31(59)26(18-54)72-44)52(7,46(67)68)29(49)10-11-51(28,6)50(22,5)13-15-53/h8,21,23,25-45,54-55,57-66H,9-20H2,1-7H3,(H,67,68)/t21-,23-,25+,26+,27+,28+,29+,30-,31+,32+,33-,34-,35-,36+,37+,38+,39-,40+,41-,42-,43-,44-,45-,49+,50+,51+,52-,53-/m0/s1. The van der Waals surface area contributed by atoms with Crippen LogP contribution in [0.5, 0.6) is 0 Å². The highest BCUT2D eigenvalue weighted by Crippen LogP contribution is 2.76. The van der Waals surface area contributed by atoms with Crippen LogP contribution in [0.4, 0.5) is 0 Å². The monoisotopic (exact) mass is 1100 g/mol. The molecule has 24 nitrogen and oxygen atoms in total. The Morgan fingerprint density at radius 1 is 0.649 bits per heavy atom. The number of ketones is 1. The van der Waals surface area contributed by atoms with Crippen molar-refractivity contribution in [2.45, 2.75) is 229 Å². The number of carboxylic acids is 1. The van der Waals surface area contributed by atoms with Crippen molar-refractivity contribution in [2.75, 3.05) is 19.8 Å². The van der Waals surface area contributed by atoms with E-state index in [1.807, 2.05) is 6.92 Å². The Morgan fingerprint density at radius 2 is 1.22 bits per heavy atom. The average Bonchev–Trinajstić information content (AvgIpc) is 3.55. The van der Waals surface area contributed by atoms with Crippen molar-refractivity contribution < 1.29 is 119 Å². The lowest BCUT2D eigenvalue weighted by Gasteiger charge is -2.70. The van der Waals surface area contributed by atoms with Crippen molar-refractivity contribution in [3.63, 3.8) is 0 Å². The highest BCUT2D eigenvalue weighted by Gasteiger charge is 2.73. The molecule has 0 spiro atoms. The highest BCUT2D eigenvalue weighted by atomic mass is 16.8. The van der Waals surface area contributed by atoms with Gasteiger partial charge in [0.25, 0.3) is 0 Å². The summed E-state index contributed by atoms with van der Waals surface area (Å²) < 4.78 is 47.0. The highest BCUT2D eigenvalue weighted by molar-refractivity contribution is 5.93. The van der Waals surface area contributed by atoms with E-state index in [0.717, 1.165) is 5.57 Å². The molecular formula is C53H82O24. The Labute approximate surface area is 446 Å². The van der Waals surface area contributed by atoms with Crippen LogP contribution in [0.2, 0.25) is 0 Å². The van der Waals surface area contributed by atoms with Gasteiger partial charge in [0.1, 0.15) is 90.9 Å². The number of hydrogen-bond acceptors (Lipinski definition) is 23. The molecule has 0 aromatic heterocycles. The normalized spacial score (nSPS) is 53.7. The van der Waals surface area contributed by atoms with Crippen LogP contribution in [0.1, 0.15) is 106 Å². The number of aliphatic carboxylic acids is 1. The molecule has 0 bridgehead atoms. The molecule has 4 heterocycles. The van der Waals surface area contributed by atoms with E-state index in [-0.39, 0.29) is 17.8 Å². The average molecular weight is 1100 g/mol. The molecule has 4 saturated heterocycles. The number of Topliss-reactive ketones (excluding diaryl/α,β-unsaturated/α-hetero) is 1. The molecule has 0 aromatic rings. The quantitative estimate of drug-likeness (QED) is 0.0597. The molecule has 13 N–H and O–H groups in total. The Hall–Kier alpha value is -2.41. The van der Waals surface area contributed by atoms with E-state index in [0.29, 0.717) is 51.4 Å². The number of aliphatic hydroxyl groups excluding tert-OH is 12. The van der Waals surface area contributed by atoms with Gasteiger partial charge in [-0.25, -0.2) is 0 Å². The summed E-state index contributed by atoms with van der Waals surface area (Å²) in [7, 11) is 0. The van der Waals surface area contributed by atoms with Crippen molar-refractivity contribution in [3.8, 4) is 0 Å². The van der Waals surface area contributed by atoms with Crippen molar-refractivity contribution in [2.24, 2.45) is 50.2 Å². The maximum Gasteiger partial charge on any atom is 0.315 e.